The fraction of sp³-hybridized carbons (Fsp3) is 1.00. The van der Waals surface area contributed by atoms with Crippen LogP contribution >= 0.6 is 11.8 Å². The van der Waals surface area contributed by atoms with Gasteiger partial charge in [0.25, 0.3) is 0 Å². The van der Waals surface area contributed by atoms with Gasteiger partial charge in [0.15, 0.2) is 6.29 Å². The molecule has 0 aliphatic carbocycles. The highest BCUT2D eigenvalue weighted by atomic mass is 32.2. The minimum Gasteiger partial charge on any atom is -0.368 e. The van der Waals surface area contributed by atoms with Crippen LogP contribution in [0.2, 0.25) is 0 Å². The van der Waals surface area contributed by atoms with Gasteiger partial charge in [0.05, 0.1) is 0 Å². The van der Waals surface area contributed by atoms with Crippen molar-refractivity contribution in [3.8, 4) is 0 Å². The number of aliphatic hydroxyl groups is 1. The Balaban J connectivity index is 2.32. The van der Waals surface area contributed by atoms with Crippen LogP contribution in [0.15, 0.2) is 0 Å². The molecule has 72 valence electrons. The van der Waals surface area contributed by atoms with Crippen molar-refractivity contribution < 1.29 is 9.84 Å². The van der Waals surface area contributed by atoms with E-state index in [1.807, 2.05) is 0 Å². The SMILES string of the molecule is CC(C)(C)S[C@@H]1CCC[C@@H](O)O1. The molecule has 3 heteroatoms. The average Bonchev–Trinajstić information content (AvgIpc) is 1.82. The van der Waals surface area contributed by atoms with E-state index in [0.717, 1.165) is 19.3 Å². The fourth-order valence-corrected chi connectivity index (χ4v) is 2.51. The quantitative estimate of drug-likeness (QED) is 0.688. The molecular weight excluding hydrogens is 172 g/mol. The summed E-state index contributed by atoms with van der Waals surface area (Å²) in [6, 6.07) is 0. The number of rotatable bonds is 1. The summed E-state index contributed by atoms with van der Waals surface area (Å²) < 4.78 is 5.60. The van der Waals surface area contributed by atoms with E-state index in [-0.39, 0.29) is 10.2 Å². The maximum Gasteiger partial charge on any atom is 0.156 e. The summed E-state index contributed by atoms with van der Waals surface area (Å²) in [7, 11) is 0. The molecule has 0 aromatic carbocycles. The molecule has 1 aliphatic rings. The van der Waals surface area contributed by atoms with Crippen molar-refractivity contribution in [1.82, 2.24) is 0 Å². The monoisotopic (exact) mass is 190 g/mol. The van der Waals surface area contributed by atoms with Crippen LogP contribution in [0.25, 0.3) is 0 Å². The highest BCUT2D eigenvalue weighted by Gasteiger charge is 2.25. The molecule has 1 rings (SSSR count). The van der Waals surface area contributed by atoms with Gasteiger partial charge >= 0.3 is 0 Å². The minimum absolute atomic E-state index is 0.189. The second kappa shape index (κ2) is 3.99. The first kappa shape index (κ1) is 10.4. The van der Waals surface area contributed by atoms with E-state index in [2.05, 4.69) is 20.8 Å². The predicted molar refractivity (Wildman–Crippen MR) is 52.1 cm³/mol. The molecule has 0 saturated carbocycles. The molecule has 2 nitrogen and oxygen atoms in total. The molecule has 0 spiro atoms. The average molecular weight is 190 g/mol. The lowest BCUT2D eigenvalue weighted by Gasteiger charge is -2.31. The maximum absolute atomic E-state index is 9.24. The van der Waals surface area contributed by atoms with Crippen LogP contribution in [0.1, 0.15) is 40.0 Å². The van der Waals surface area contributed by atoms with Gasteiger partial charge in [0.2, 0.25) is 0 Å². The van der Waals surface area contributed by atoms with Crippen LogP contribution in [0.4, 0.5) is 0 Å². The zero-order chi connectivity index (χ0) is 9.19. The highest BCUT2D eigenvalue weighted by Crippen LogP contribution is 2.34. The Morgan fingerprint density at radius 3 is 2.50 bits per heavy atom. The van der Waals surface area contributed by atoms with E-state index < -0.39 is 6.29 Å². The Morgan fingerprint density at radius 1 is 1.33 bits per heavy atom. The fourth-order valence-electron chi connectivity index (χ4n) is 1.25. The second-order valence-corrected chi connectivity index (χ2v) is 6.17. The molecule has 0 unspecified atom stereocenters. The summed E-state index contributed by atoms with van der Waals surface area (Å²) in [5.41, 5.74) is 0.189. The van der Waals surface area contributed by atoms with E-state index in [4.69, 9.17) is 4.74 Å². The van der Waals surface area contributed by atoms with Crippen molar-refractivity contribution in [3.05, 3.63) is 0 Å². The molecule has 1 N–H and O–H groups in total. The lowest BCUT2D eigenvalue weighted by Crippen LogP contribution is -2.28. The molecule has 0 amide bonds. The van der Waals surface area contributed by atoms with Crippen molar-refractivity contribution in [2.45, 2.75) is 56.5 Å². The van der Waals surface area contributed by atoms with Crippen LogP contribution in [-0.2, 0) is 4.74 Å². The second-order valence-electron chi connectivity index (χ2n) is 4.18. The molecule has 0 aromatic rings. The Hall–Kier alpha value is 0.270. The standard InChI is InChI=1S/C9H18O2S/c1-9(2,3)12-8-6-4-5-7(10)11-8/h7-8,10H,4-6H2,1-3H3/t7-,8+/m0/s1. The molecule has 1 fully saturated rings. The van der Waals surface area contributed by atoms with Crippen LogP contribution in [0, 0.1) is 0 Å². The summed E-state index contributed by atoms with van der Waals surface area (Å²) in [5.74, 6) is 0. The molecule has 0 aromatic heterocycles. The Morgan fingerprint density at radius 2 is 2.00 bits per heavy atom. The molecule has 1 heterocycles. The van der Waals surface area contributed by atoms with E-state index in [1.54, 1.807) is 11.8 Å². The van der Waals surface area contributed by atoms with E-state index in [0.29, 0.717) is 0 Å². The van der Waals surface area contributed by atoms with E-state index in [9.17, 15) is 5.11 Å². The lowest BCUT2D eigenvalue weighted by molar-refractivity contribution is -0.135. The summed E-state index contributed by atoms with van der Waals surface area (Å²) in [4.78, 5) is 0. The van der Waals surface area contributed by atoms with Gasteiger partial charge in [-0.3, -0.25) is 0 Å². The maximum atomic E-state index is 9.24. The van der Waals surface area contributed by atoms with Crippen molar-refractivity contribution >= 4 is 11.8 Å². The van der Waals surface area contributed by atoms with Gasteiger partial charge in [0.1, 0.15) is 5.44 Å². The summed E-state index contributed by atoms with van der Waals surface area (Å²) >= 11 is 1.80. The van der Waals surface area contributed by atoms with Crippen molar-refractivity contribution in [3.63, 3.8) is 0 Å². The van der Waals surface area contributed by atoms with Gasteiger partial charge in [-0.25, -0.2) is 0 Å². The third-order valence-electron chi connectivity index (χ3n) is 1.68. The van der Waals surface area contributed by atoms with Gasteiger partial charge in [-0.05, 0) is 19.3 Å². The largest absolute Gasteiger partial charge is 0.368 e. The zero-order valence-corrected chi connectivity index (χ0v) is 8.86. The summed E-state index contributed by atoms with van der Waals surface area (Å²) in [5, 5.41) is 9.24. The summed E-state index contributed by atoms with van der Waals surface area (Å²) in [6.45, 7) is 6.51. The van der Waals surface area contributed by atoms with Gasteiger partial charge in [-0.1, -0.05) is 20.8 Å². The first-order valence-electron chi connectivity index (χ1n) is 4.49. The minimum atomic E-state index is -0.529. The third kappa shape index (κ3) is 3.78. The topological polar surface area (TPSA) is 29.5 Å². The number of ether oxygens (including phenoxy) is 1. The smallest absolute Gasteiger partial charge is 0.156 e. The Bertz CT molecular complexity index is 142. The molecule has 0 radical (unpaired) electrons. The van der Waals surface area contributed by atoms with Crippen molar-refractivity contribution in [2.24, 2.45) is 0 Å². The first-order chi connectivity index (χ1) is 5.47. The Kier molecular flexibility index (Phi) is 3.44. The number of hydrogen-bond acceptors (Lipinski definition) is 3. The van der Waals surface area contributed by atoms with Crippen molar-refractivity contribution in [2.75, 3.05) is 0 Å². The molecule has 0 bridgehead atoms. The lowest BCUT2D eigenvalue weighted by atomic mass is 10.2. The number of aliphatic hydroxyl groups excluding tert-OH is 1. The summed E-state index contributed by atoms with van der Waals surface area (Å²) in [6.07, 6.45) is 2.41. The first-order valence-corrected chi connectivity index (χ1v) is 5.37. The van der Waals surface area contributed by atoms with Crippen molar-refractivity contribution in [1.29, 1.82) is 0 Å². The van der Waals surface area contributed by atoms with Crippen LogP contribution < -0.4 is 0 Å². The van der Waals surface area contributed by atoms with Gasteiger partial charge in [-0.15, -0.1) is 11.8 Å². The van der Waals surface area contributed by atoms with Gasteiger partial charge in [0, 0.05) is 4.75 Å². The normalized spacial score (nSPS) is 32.0. The predicted octanol–water partition coefficient (Wildman–Crippen LogP) is 2.36. The number of hydrogen-bond donors (Lipinski definition) is 1. The van der Waals surface area contributed by atoms with Crippen LogP contribution in [-0.4, -0.2) is 21.6 Å². The van der Waals surface area contributed by atoms with Crippen LogP contribution in [0.3, 0.4) is 0 Å². The molecule has 1 aliphatic heterocycles. The molecule has 1 saturated heterocycles. The molecule has 2 atom stereocenters. The highest BCUT2D eigenvalue weighted by molar-refractivity contribution is 8.01. The zero-order valence-electron chi connectivity index (χ0n) is 8.04. The van der Waals surface area contributed by atoms with E-state index >= 15 is 0 Å². The third-order valence-corrected chi connectivity index (χ3v) is 3.00. The Labute approximate surface area is 78.7 Å². The van der Waals surface area contributed by atoms with Gasteiger partial charge < -0.3 is 9.84 Å². The van der Waals surface area contributed by atoms with E-state index in [1.165, 1.54) is 0 Å². The van der Waals surface area contributed by atoms with Gasteiger partial charge in [-0.2, -0.15) is 0 Å². The van der Waals surface area contributed by atoms with Crippen LogP contribution in [0.5, 0.6) is 0 Å². The molecule has 12 heavy (non-hydrogen) atoms. The number of thioether (sulfide) groups is 1. The molecular formula is C9H18O2S.